The number of hydrogen-bond donors (Lipinski definition) is 0. The van der Waals surface area contributed by atoms with Gasteiger partial charge in [-0.3, -0.25) is 0 Å². The van der Waals surface area contributed by atoms with Gasteiger partial charge < -0.3 is 4.74 Å². The third-order valence-corrected chi connectivity index (χ3v) is 2.37. The van der Waals surface area contributed by atoms with Crippen molar-refractivity contribution in [3.8, 4) is 0 Å². The quantitative estimate of drug-likeness (QED) is 0.326. The van der Waals surface area contributed by atoms with E-state index in [0.717, 1.165) is 0 Å². The molecule has 0 fully saturated rings. The van der Waals surface area contributed by atoms with Gasteiger partial charge in [-0.25, -0.2) is 4.79 Å². The maximum Gasteiger partial charge on any atom is 0.460 e. The Hall–Kier alpha value is -1.06. The van der Waals surface area contributed by atoms with Gasteiger partial charge in [0, 0.05) is 5.57 Å². The zero-order valence-electron chi connectivity index (χ0n) is 9.63. The van der Waals surface area contributed by atoms with Crippen molar-refractivity contribution in [2.45, 2.75) is 36.7 Å². The average molecular weight is 335 g/mol. The lowest BCUT2D eigenvalue weighted by atomic mass is 10.1. The highest BCUT2D eigenvalue weighted by Crippen LogP contribution is 2.54. The predicted molar refractivity (Wildman–Crippen MR) is 51.2 cm³/mol. The Morgan fingerprint density at radius 1 is 1.05 bits per heavy atom. The highest BCUT2D eigenvalue weighted by Gasteiger charge is 2.82. The monoisotopic (exact) mass is 334 g/mol. The Morgan fingerprint density at radius 2 is 1.45 bits per heavy atom. The highest BCUT2D eigenvalue weighted by atomic mass is 35.5. The maximum absolute atomic E-state index is 13.2. The second-order valence-electron chi connectivity index (χ2n) is 3.51. The number of halogens is 9. The van der Waals surface area contributed by atoms with Crippen LogP contribution in [0, 0.1) is 0 Å². The fourth-order valence-corrected chi connectivity index (χ4v) is 0.947. The fourth-order valence-electron chi connectivity index (χ4n) is 0.758. The molecule has 0 rings (SSSR count). The summed E-state index contributed by atoms with van der Waals surface area (Å²) < 4.78 is 103. The molecule has 2 nitrogen and oxygen atoms in total. The van der Waals surface area contributed by atoms with E-state index >= 15 is 0 Å². The summed E-state index contributed by atoms with van der Waals surface area (Å²) in [5.41, 5.74) is -0.654. The third kappa shape index (κ3) is 3.15. The average Bonchev–Trinajstić information content (AvgIpc) is 2.25. The van der Waals surface area contributed by atoms with E-state index in [4.69, 9.17) is 0 Å². The van der Waals surface area contributed by atoms with Crippen LogP contribution in [0.4, 0.5) is 35.1 Å². The van der Waals surface area contributed by atoms with E-state index in [-0.39, 0.29) is 6.42 Å². The summed E-state index contributed by atoms with van der Waals surface area (Å²) >= 11 is 4.23. The van der Waals surface area contributed by atoms with E-state index in [0.29, 0.717) is 0 Å². The van der Waals surface area contributed by atoms with E-state index in [1.54, 1.807) is 0 Å². The summed E-state index contributed by atoms with van der Waals surface area (Å²) in [5.74, 6) is -15.4. The van der Waals surface area contributed by atoms with E-state index in [1.807, 2.05) is 0 Å². The number of hydrogen-bond acceptors (Lipinski definition) is 2. The molecule has 0 bridgehead atoms. The van der Waals surface area contributed by atoms with Crippen LogP contribution in [-0.4, -0.2) is 29.3 Å². The molecule has 0 radical (unpaired) electrons. The lowest BCUT2D eigenvalue weighted by molar-refractivity contribution is -0.391. The Balaban J connectivity index is 5.48. The number of ether oxygens (including phenoxy) is 1. The van der Waals surface area contributed by atoms with Crippen molar-refractivity contribution in [2.75, 3.05) is 0 Å². The summed E-state index contributed by atoms with van der Waals surface area (Å²) in [5, 5.41) is -5.40. The molecule has 0 aliphatic heterocycles. The molecule has 0 aliphatic carbocycles. The number of esters is 1. The minimum absolute atomic E-state index is 0.257. The summed E-state index contributed by atoms with van der Waals surface area (Å²) in [6.07, 6.45) is -7.07. The summed E-state index contributed by atoms with van der Waals surface area (Å²) in [6.45, 7) is 4.13. The van der Waals surface area contributed by atoms with Gasteiger partial charge >= 0.3 is 29.3 Å². The molecule has 20 heavy (non-hydrogen) atoms. The van der Waals surface area contributed by atoms with E-state index < -0.39 is 34.9 Å². The second kappa shape index (κ2) is 5.38. The third-order valence-electron chi connectivity index (χ3n) is 2.05. The van der Waals surface area contributed by atoms with E-state index in [1.165, 1.54) is 6.92 Å². The van der Waals surface area contributed by atoms with Crippen LogP contribution in [0.2, 0.25) is 0 Å². The summed E-state index contributed by atoms with van der Waals surface area (Å²) in [4.78, 5) is 10.9. The van der Waals surface area contributed by atoms with E-state index in [2.05, 4.69) is 22.9 Å². The molecule has 0 N–H and O–H groups in total. The van der Waals surface area contributed by atoms with Crippen molar-refractivity contribution in [1.82, 2.24) is 0 Å². The molecule has 0 heterocycles. The first-order chi connectivity index (χ1) is 8.62. The normalized spacial score (nSPS) is 16.5. The zero-order valence-corrected chi connectivity index (χ0v) is 10.4. The number of rotatable bonds is 5. The summed E-state index contributed by atoms with van der Waals surface area (Å²) in [7, 11) is 0. The Morgan fingerprint density at radius 3 is 1.75 bits per heavy atom. The minimum Gasteiger partial charge on any atom is -0.406 e. The van der Waals surface area contributed by atoms with Crippen molar-refractivity contribution in [3.63, 3.8) is 0 Å². The molecule has 118 valence electrons. The number of alkyl halides is 9. The first-order valence-corrected chi connectivity index (χ1v) is 5.11. The standard InChI is InChI=1S/C9H7ClF8O2/c1-3-4(2)5(19)20-8(10,15)6(11,12)7(13,14)9(16,17)18/h2-3H2,1H3. The lowest BCUT2D eigenvalue weighted by Gasteiger charge is -2.33. The van der Waals surface area contributed by atoms with Crippen LogP contribution in [0.25, 0.3) is 0 Å². The minimum atomic E-state index is -6.86. The van der Waals surface area contributed by atoms with Gasteiger partial charge in [-0.05, 0) is 18.0 Å². The van der Waals surface area contributed by atoms with Crippen molar-refractivity contribution in [1.29, 1.82) is 0 Å². The van der Waals surface area contributed by atoms with Gasteiger partial charge in [-0.15, -0.1) is 0 Å². The zero-order chi connectivity index (χ0) is 16.6. The Labute approximate surface area is 112 Å². The molecule has 11 heteroatoms. The second-order valence-corrected chi connectivity index (χ2v) is 4.00. The molecule has 0 aromatic carbocycles. The molecule has 0 saturated heterocycles. The molecule has 0 aromatic heterocycles. The highest BCUT2D eigenvalue weighted by molar-refractivity contribution is 6.23. The molecular weight excluding hydrogens is 328 g/mol. The fraction of sp³-hybridized carbons (Fsp3) is 0.667. The van der Waals surface area contributed by atoms with Crippen LogP contribution in [0.3, 0.4) is 0 Å². The van der Waals surface area contributed by atoms with Crippen molar-refractivity contribution >= 4 is 17.6 Å². The largest absolute Gasteiger partial charge is 0.460 e. The van der Waals surface area contributed by atoms with Crippen LogP contribution >= 0.6 is 11.6 Å². The van der Waals surface area contributed by atoms with Crippen LogP contribution in [0.1, 0.15) is 13.3 Å². The van der Waals surface area contributed by atoms with Crippen molar-refractivity contribution in [2.24, 2.45) is 0 Å². The predicted octanol–water partition coefficient (Wildman–Crippen LogP) is 4.19. The molecule has 0 spiro atoms. The summed E-state index contributed by atoms with van der Waals surface area (Å²) in [6, 6.07) is 0. The van der Waals surface area contributed by atoms with Gasteiger partial charge in [0.25, 0.3) is 0 Å². The smallest absolute Gasteiger partial charge is 0.406 e. The Kier molecular flexibility index (Phi) is 5.09. The van der Waals surface area contributed by atoms with Crippen LogP contribution < -0.4 is 0 Å². The molecule has 0 aliphatic rings. The first-order valence-electron chi connectivity index (χ1n) is 4.73. The molecule has 1 unspecified atom stereocenters. The molecule has 1 atom stereocenters. The van der Waals surface area contributed by atoms with Gasteiger partial charge in [0.1, 0.15) is 0 Å². The number of carbonyl (C=O) groups is 1. The lowest BCUT2D eigenvalue weighted by Crippen LogP contribution is -2.61. The molecule has 0 saturated carbocycles. The Bertz CT molecular complexity index is 401. The molecular formula is C9H7ClF8O2. The van der Waals surface area contributed by atoms with Crippen LogP contribution in [0.5, 0.6) is 0 Å². The van der Waals surface area contributed by atoms with Gasteiger partial charge in [0.2, 0.25) is 0 Å². The van der Waals surface area contributed by atoms with Gasteiger partial charge in [0.15, 0.2) is 0 Å². The molecule has 0 amide bonds. The van der Waals surface area contributed by atoms with Crippen molar-refractivity contribution < 1.29 is 44.7 Å². The van der Waals surface area contributed by atoms with Crippen LogP contribution in [0.15, 0.2) is 12.2 Å². The SMILES string of the molecule is C=C(CC)C(=O)OC(F)(Cl)C(F)(F)C(F)(F)C(F)(F)F. The maximum atomic E-state index is 13.2. The first kappa shape index (κ1) is 18.9. The molecule has 0 aromatic rings. The van der Waals surface area contributed by atoms with Crippen LogP contribution in [-0.2, 0) is 9.53 Å². The number of carbonyl (C=O) groups excluding carboxylic acids is 1. The van der Waals surface area contributed by atoms with Crippen molar-refractivity contribution in [3.05, 3.63) is 12.2 Å². The van der Waals surface area contributed by atoms with E-state index in [9.17, 15) is 39.9 Å². The van der Waals surface area contributed by atoms with Gasteiger partial charge in [-0.1, -0.05) is 13.5 Å². The van der Waals surface area contributed by atoms with Gasteiger partial charge in [-0.2, -0.15) is 35.1 Å². The van der Waals surface area contributed by atoms with Gasteiger partial charge in [0.05, 0.1) is 0 Å². The topological polar surface area (TPSA) is 26.3 Å².